The second-order valence-electron chi connectivity index (χ2n) is 4.64. The Labute approximate surface area is 125 Å². The first kappa shape index (κ1) is 15.0. The molecule has 0 bridgehead atoms. The largest absolute Gasteiger partial charge is 0.370 e. The van der Waals surface area contributed by atoms with Gasteiger partial charge in [0.1, 0.15) is 5.82 Å². The summed E-state index contributed by atoms with van der Waals surface area (Å²) in [7, 11) is 0. The first-order valence-electron chi connectivity index (χ1n) is 7.12. The summed E-state index contributed by atoms with van der Waals surface area (Å²) in [5.41, 5.74) is 1.67. The quantitative estimate of drug-likeness (QED) is 0.885. The second kappa shape index (κ2) is 7.38. The normalized spacial score (nSPS) is 10.2. The van der Waals surface area contributed by atoms with Crippen LogP contribution in [0.25, 0.3) is 0 Å². The molecule has 0 fully saturated rings. The molecule has 1 N–H and O–H groups in total. The van der Waals surface area contributed by atoms with Crippen LogP contribution in [0.15, 0.2) is 42.9 Å². The lowest BCUT2D eigenvalue weighted by atomic mass is 10.2. The fourth-order valence-electron chi connectivity index (χ4n) is 2.02. The van der Waals surface area contributed by atoms with E-state index in [4.69, 9.17) is 0 Å². The fraction of sp³-hybridized carbons (Fsp3) is 0.312. The summed E-state index contributed by atoms with van der Waals surface area (Å²) in [6, 6.07) is 7.48. The number of hydrogen-bond donors (Lipinski definition) is 1. The van der Waals surface area contributed by atoms with Crippen LogP contribution in [0, 0.1) is 0 Å². The molecule has 0 aliphatic heterocycles. The van der Waals surface area contributed by atoms with Gasteiger partial charge in [-0.25, -0.2) is 4.98 Å². The van der Waals surface area contributed by atoms with E-state index in [1.807, 2.05) is 38.1 Å². The average molecular weight is 284 g/mol. The highest BCUT2D eigenvalue weighted by Crippen LogP contribution is 2.11. The van der Waals surface area contributed by atoms with Gasteiger partial charge < -0.3 is 10.2 Å². The van der Waals surface area contributed by atoms with E-state index in [1.165, 1.54) is 0 Å². The van der Waals surface area contributed by atoms with Crippen molar-refractivity contribution in [3.05, 3.63) is 54.0 Å². The minimum Gasteiger partial charge on any atom is -0.370 e. The van der Waals surface area contributed by atoms with Gasteiger partial charge >= 0.3 is 0 Å². The molecule has 0 unspecified atom stereocenters. The highest BCUT2D eigenvalue weighted by molar-refractivity contribution is 5.94. The minimum atomic E-state index is -0.00939. The predicted octanol–water partition coefficient (Wildman–Crippen LogP) is 2.57. The van der Waals surface area contributed by atoms with Gasteiger partial charge in [0.15, 0.2) is 0 Å². The van der Waals surface area contributed by atoms with Gasteiger partial charge in [0.05, 0.1) is 5.56 Å². The Hall–Kier alpha value is -2.43. The molecule has 1 amide bonds. The van der Waals surface area contributed by atoms with E-state index in [9.17, 15) is 4.79 Å². The zero-order chi connectivity index (χ0) is 15.1. The zero-order valence-electron chi connectivity index (χ0n) is 12.4. The summed E-state index contributed by atoms with van der Waals surface area (Å²) >= 11 is 0. The standard InChI is InChI=1S/C16H20N4O/c1-3-18-15-6-5-14(11-19-15)16(21)20(4-2)12-13-7-9-17-10-8-13/h5-11H,3-4,12H2,1-2H3,(H,18,19). The molecule has 0 saturated carbocycles. The molecule has 0 aromatic carbocycles. The van der Waals surface area contributed by atoms with Crippen LogP contribution in [-0.4, -0.2) is 33.9 Å². The molecular weight excluding hydrogens is 264 g/mol. The third-order valence-electron chi connectivity index (χ3n) is 3.16. The molecule has 0 aliphatic carbocycles. The molecule has 5 nitrogen and oxygen atoms in total. The van der Waals surface area contributed by atoms with Crippen LogP contribution in [0.3, 0.4) is 0 Å². The molecule has 2 aromatic rings. The smallest absolute Gasteiger partial charge is 0.255 e. The van der Waals surface area contributed by atoms with Crippen LogP contribution >= 0.6 is 0 Å². The predicted molar refractivity (Wildman–Crippen MR) is 83.1 cm³/mol. The Kier molecular flexibility index (Phi) is 5.26. The number of carbonyl (C=O) groups is 1. The number of anilines is 1. The number of hydrogen-bond acceptors (Lipinski definition) is 4. The zero-order valence-corrected chi connectivity index (χ0v) is 12.4. The number of rotatable bonds is 6. The third kappa shape index (κ3) is 4.02. The van der Waals surface area contributed by atoms with Gasteiger partial charge in [-0.05, 0) is 43.7 Å². The van der Waals surface area contributed by atoms with Crippen molar-refractivity contribution < 1.29 is 4.79 Å². The number of carbonyl (C=O) groups excluding carboxylic acids is 1. The van der Waals surface area contributed by atoms with Crippen molar-refractivity contribution in [2.24, 2.45) is 0 Å². The SMILES string of the molecule is CCNc1ccc(C(=O)N(CC)Cc2ccncc2)cn1. The highest BCUT2D eigenvalue weighted by atomic mass is 16.2. The van der Waals surface area contributed by atoms with Crippen LogP contribution in [0.5, 0.6) is 0 Å². The molecule has 21 heavy (non-hydrogen) atoms. The Balaban J connectivity index is 2.08. The van der Waals surface area contributed by atoms with Gasteiger partial charge in [-0.3, -0.25) is 9.78 Å². The first-order valence-corrected chi connectivity index (χ1v) is 7.12. The summed E-state index contributed by atoms with van der Waals surface area (Å²) in [6.07, 6.45) is 5.09. The topological polar surface area (TPSA) is 58.1 Å². The number of nitrogens with zero attached hydrogens (tertiary/aromatic N) is 3. The maximum Gasteiger partial charge on any atom is 0.255 e. The Morgan fingerprint density at radius 1 is 1.19 bits per heavy atom. The maximum absolute atomic E-state index is 12.5. The summed E-state index contributed by atoms with van der Waals surface area (Å²) in [5.74, 6) is 0.774. The summed E-state index contributed by atoms with van der Waals surface area (Å²) in [5, 5.41) is 3.11. The summed E-state index contributed by atoms with van der Waals surface area (Å²) < 4.78 is 0. The average Bonchev–Trinajstić information content (AvgIpc) is 2.54. The van der Waals surface area contributed by atoms with E-state index in [0.717, 1.165) is 17.9 Å². The molecule has 2 aromatic heterocycles. The number of nitrogens with one attached hydrogen (secondary N) is 1. The molecule has 110 valence electrons. The van der Waals surface area contributed by atoms with E-state index >= 15 is 0 Å². The van der Waals surface area contributed by atoms with Gasteiger partial charge in [-0.1, -0.05) is 0 Å². The molecule has 2 rings (SSSR count). The van der Waals surface area contributed by atoms with Crippen molar-refractivity contribution in [3.8, 4) is 0 Å². The van der Waals surface area contributed by atoms with E-state index in [-0.39, 0.29) is 5.91 Å². The van der Waals surface area contributed by atoms with Gasteiger partial charge in [0.25, 0.3) is 5.91 Å². The van der Waals surface area contributed by atoms with Crippen molar-refractivity contribution in [1.29, 1.82) is 0 Å². The summed E-state index contributed by atoms with van der Waals surface area (Å²) in [6.45, 7) is 6.01. The van der Waals surface area contributed by atoms with Crippen LogP contribution in [0.2, 0.25) is 0 Å². The van der Waals surface area contributed by atoms with Gasteiger partial charge in [0, 0.05) is 38.2 Å². The van der Waals surface area contributed by atoms with Crippen molar-refractivity contribution in [1.82, 2.24) is 14.9 Å². The lowest BCUT2D eigenvalue weighted by Gasteiger charge is -2.21. The minimum absolute atomic E-state index is 0.00939. The third-order valence-corrected chi connectivity index (χ3v) is 3.16. The molecular formula is C16H20N4O. The Morgan fingerprint density at radius 2 is 1.95 bits per heavy atom. The monoisotopic (exact) mass is 284 g/mol. The van der Waals surface area contributed by atoms with Crippen LogP contribution in [0.1, 0.15) is 29.8 Å². The fourth-order valence-corrected chi connectivity index (χ4v) is 2.02. The number of aromatic nitrogens is 2. The van der Waals surface area contributed by atoms with Crippen molar-refractivity contribution in [3.63, 3.8) is 0 Å². The Bertz CT molecular complexity index is 569. The van der Waals surface area contributed by atoms with Crippen molar-refractivity contribution >= 4 is 11.7 Å². The molecule has 2 heterocycles. The summed E-state index contributed by atoms with van der Waals surface area (Å²) in [4.78, 5) is 22.5. The molecule has 0 atom stereocenters. The van der Waals surface area contributed by atoms with Crippen molar-refractivity contribution in [2.45, 2.75) is 20.4 Å². The Morgan fingerprint density at radius 3 is 2.52 bits per heavy atom. The lowest BCUT2D eigenvalue weighted by Crippen LogP contribution is -2.30. The lowest BCUT2D eigenvalue weighted by molar-refractivity contribution is 0.0752. The molecule has 0 aliphatic rings. The molecule has 0 saturated heterocycles. The molecule has 0 radical (unpaired) electrons. The molecule has 0 spiro atoms. The van der Waals surface area contributed by atoms with E-state index < -0.39 is 0 Å². The second-order valence-corrected chi connectivity index (χ2v) is 4.64. The first-order chi connectivity index (χ1) is 10.2. The van der Waals surface area contributed by atoms with Gasteiger partial charge in [-0.15, -0.1) is 0 Å². The maximum atomic E-state index is 12.5. The van der Waals surface area contributed by atoms with Crippen LogP contribution in [-0.2, 0) is 6.54 Å². The van der Waals surface area contributed by atoms with Gasteiger partial charge in [-0.2, -0.15) is 0 Å². The van der Waals surface area contributed by atoms with Crippen LogP contribution < -0.4 is 5.32 Å². The highest BCUT2D eigenvalue weighted by Gasteiger charge is 2.14. The molecule has 5 heteroatoms. The van der Waals surface area contributed by atoms with E-state index in [1.54, 1.807) is 23.5 Å². The number of amides is 1. The van der Waals surface area contributed by atoms with Gasteiger partial charge in [0.2, 0.25) is 0 Å². The van der Waals surface area contributed by atoms with E-state index in [0.29, 0.717) is 18.7 Å². The van der Waals surface area contributed by atoms with Crippen molar-refractivity contribution in [2.75, 3.05) is 18.4 Å². The number of pyridine rings is 2. The van der Waals surface area contributed by atoms with Crippen LogP contribution in [0.4, 0.5) is 5.82 Å². The van der Waals surface area contributed by atoms with E-state index in [2.05, 4.69) is 15.3 Å².